The maximum atomic E-state index is 13.3. The van der Waals surface area contributed by atoms with Crippen molar-refractivity contribution < 1.29 is 14.4 Å². The van der Waals surface area contributed by atoms with Gasteiger partial charge in [0.05, 0.1) is 6.42 Å². The van der Waals surface area contributed by atoms with Crippen molar-refractivity contribution in [1.29, 1.82) is 0 Å². The Bertz CT molecular complexity index is 1100. The van der Waals surface area contributed by atoms with E-state index in [0.29, 0.717) is 17.5 Å². The standard InChI is InChI=1S/C28H37N5O3/c1-5-18-9-10-20(14-19(18)15-25(34)32-24-8-6-7-13-29-24)31-26(35)17-33(27(36)28(2,3)4)23-12-11-21-16-22(23)30-21/h6-10,13-14,21-23,30H,5,11-12,15-17H2,1-4H3,(H,31,35)(H,29,32,34). The normalized spacial score (nSPS) is 20.7. The molecule has 2 aromatic rings. The number of benzene rings is 1. The number of nitrogens with zero attached hydrogens (tertiary/aromatic N) is 2. The molecule has 1 aromatic heterocycles. The number of pyridine rings is 1. The zero-order valence-corrected chi connectivity index (χ0v) is 21.6. The van der Waals surface area contributed by atoms with E-state index in [1.165, 1.54) is 0 Å². The van der Waals surface area contributed by atoms with Crippen molar-refractivity contribution in [3.63, 3.8) is 0 Å². The van der Waals surface area contributed by atoms with Gasteiger partial charge in [-0.05, 0) is 61.1 Å². The number of anilines is 2. The SMILES string of the molecule is CCc1ccc(NC(=O)CN(C(=O)C(C)(C)C)C2CCC3CC2N3)cc1CC(=O)Nc1ccccn1. The lowest BCUT2D eigenvalue weighted by Crippen LogP contribution is -2.68. The molecule has 3 amide bonds. The summed E-state index contributed by atoms with van der Waals surface area (Å²) in [7, 11) is 0. The molecule has 1 aromatic carbocycles. The Morgan fingerprint density at radius 3 is 2.44 bits per heavy atom. The predicted molar refractivity (Wildman–Crippen MR) is 141 cm³/mol. The molecule has 3 heterocycles. The van der Waals surface area contributed by atoms with Crippen LogP contribution in [0.5, 0.6) is 0 Å². The Kier molecular flexibility index (Phi) is 7.73. The minimum atomic E-state index is -0.572. The molecule has 3 fully saturated rings. The first-order chi connectivity index (χ1) is 17.1. The maximum absolute atomic E-state index is 13.3. The van der Waals surface area contributed by atoms with Gasteiger partial charge in [-0.15, -0.1) is 0 Å². The van der Waals surface area contributed by atoms with E-state index in [4.69, 9.17) is 0 Å². The van der Waals surface area contributed by atoms with E-state index >= 15 is 0 Å². The Morgan fingerprint density at radius 1 is 1.06 bits per heavy atom. The molecule has 36 heavy (non-hydrogen) atoms. The fraction of sp³-hybridized carbons (Fsp3) is 0.500. The number of amides is 3. The fourth-order valence-electron chi connectivity index (χ4n) is 5.14. The van der Waals surface area contributed by atoms with Gasteiger partial charge >= 0.3 is 0 Å². The molecular formula is C28H37N5O3. The number of hydrogen-bond acceptors (Lipinski definition) is 5. The highest BCUT2D eigenvalue weighted by atomic mass is 16.2. The van der Waals surface area contributed by atoms with Gasteiger partial charge in [0.25, 0.3) is 0 Å². The third-order valence-electron chi connectivity index (χ3n) is 7.03. The number of aryl methyl sites for hydroxylation is 1. The van der Waals surface area contributed by atoms with Crippen molar-refractivity contribution in [1.82, 2.24) is 15.2 Å². The summed E-state index contributed by atoms with van der Waals surface area (Å²) < 4.78 is 0. The zero-order chi connectivity index (χ0) is 25.9. The summed E-state index contributed by atoms with van der Waals surface area (Å²) in [5.74, 6) is 0.0891. The zero-order valence-electron chi connectivity index (χ0n) is 21.6. The van der Waals surface area contributed by atoms with Crippen LogP contribution in [-0.4, -0.2) is 52.3 Å². The summed E-state index contributed by atoms with van der Waals surface area (Å²) in [5.41, 5.74) is 1.94. The molecule has 3 aliphatic rings. The lowest BCUT2D eigenvalue weighted by atomic mass is 9.77. The van der Waals surface area contributed by atoms with Crippen LogP contribution >= 0.6 is 0 Å². The number of hydrogen-bond donors (Lipinski definition) is 3. The van der Waals surface area contributed by atoms with Crippen LogP contribution in [0.1, 0.15) is 58.1 Å². The second-order valence-electron chi connectivity index (χ2n) is 10.9. The molecule has 1 aliphatic carbocycles. The molecule has 8 heteroatoms. The Labute approximate surface area is 213 Å². The molecule has 3 N–H and O–H groups in total. The predicted octanol–water partition coefficient (Wildman–Crippen LogP) is 3.53. The third-order valence-corrected chi connectivity index (χ3v) is 7.03. The second kappa shape index (κ2) is 10.8. The maximum Gasteiger partial charge on any atom is 0.244 e. The van der Waals surface area contributed by atoms with Gasteiger partial charge < -0.3 is 20.9 Å². The summed E-state index contributed by atoms with van der Waals surface area (Å²) in [6.07, 6.45) is 5.57. The van der Waals surface area contributed by atoms with Crippen LogP contribution in [0, 0.1) is 5.41 Å². The molecule has 2 aliphatic heterocycles. The highest BCUT2D eigenvalue weighted by Gasteiger charge is 2.45. The summed E-state index contributed by atoms with van der Waals surface area (Å²) in [6.45, 7) is 7.73. The molecular weight excluding hydrogens is 454 g/mol. The molecule has 192 valence electrons. The lowest BCUT2D eigenvalue weighted by molar-refractivity contribution is -0.147. The largest absolute Gasteiger partial charge is 0.328 e. The van der Waals surface area contributed by atoms with E-state index in [-0.39, 0.29) is 42.8 Å². The molecule has 8 nitrogen and oxygen atoms in total. The average molecular weight is 492 g/mol. The van der Waals surface area contributed by atoms with Crippen LogP contribution in [-0.2, 0) is 27.2 Å². The van der Waals surface area contributed by atoms with Gasteiger partial charge in [-0.1, -0.05) is 39.8 Å². The smallest absolute Gasteiger partial charge is 0.244 e. The van der Waals surface area contributed by atoms with E-state index in [1.54, 1.807) is 23.2 Å². The summed E-state index contributed by atoms with van der Waals surface area (Å²) >= 11 is 0. The molecule has 0 radical (unpaired) electrons. The van der Waals surface area contributed by atoms with Crippen molar-refractivity contribution in [2.24, 2.45) is 5.41 Å². The summed E-state index contributed by atoms with van der Waals surface area (Å²) in [6, 6.07) is 11.8. The van der Waals surface area contributed by atoms with Crippen LogP contribution in [0.25, 0.3) is 0 Å². The molecule has 3 atom stereocenters. The third kappa shape index (κ3) is 6.10. The van der Waals surface area contributed by atoms with Crippen LogP contribution in [0.4, 0.5) is 11.5 Å². The molecule has 3 unspecified atom stereocenters. The molecule has 5 rings (SSSR count). The Hall–Kier alpha value is -3.26. The highest BCUT2D eigenvalue weighted by Crippen LogP contribution is 2.33. The molecule has 2 saturated heterocycles. The van der Waals surface area contributed by atoms with Crippen LogP contribution in [0.15, 0.2) is 42.6 Å². The number of carbonyl (C=O) groups is 3. The van der Waals surface area contributed by atoms with Gasteiger partial charge in [0, 0.05) is 35.4 Å². The van der Waals surface area contributed by atoms with E-state index in [0.717, 1.165) is 36.8 Å². The van der Waals surface area contributed by atoms with Crippen molar-refractivity contribution in [2.45, 2.75) is 77.9 Å². The van der Waals surface area contributed by atoms with Gasteiger partial charge in [0.1, 0.15) is 12.4 Å². The van der Waals surface area contributed by atoms with Crippen LogP contribution in [0.2, 0.25) is 0 Å². The number of carbonyl (C=O) groups excluding carboxylic acids is 3. The van der Waals surface area contributed by atoms with Gasteiger partial charge in [-0.2, -0.15) is 0 Å². The molecule has 1 saturated carbocycles. The fourth-order valence-corrected chi connectivity index (χ4v) is 5.14. The second-order valence-corrected chi connectivity index (χ2v) is 10.9. The first-order valence-electron chi connectivity index (χ1n) is 12.8. The van der Waals surface area contributed by atoms with E-state index in [1.807, 2.05) is 52.0 Å². The van der Waals surface area contributed by atoms with Crippen molar-refractivity contribution in [3.8, 4) is 0 Å². The van der Waals surface area contributed by atoms with E-state index in [9.17, 15) is 14.4 Å². The van der Waals surface area contributed by atoms with Gasteiger partial charge in [0.2, 0.25) is 17.7 Å². The molecule has 0 spiro atoms. The lowest BCUT2D eigenvalue weighted by Gasteiger charge is -2.52. The van der Waals surface area contributed by atoms with Gasteiger partial charge in [0.15, 0.2) is 0 Å². The van der Waals surface area contributed by atoms with E-state index < -0.39 is 5.41 Å². The summed E-state index contributed by atoms with van der Waals surface area (Å²) in [5, 5.41) is 9.30. The Morgan fingerprint density at radius 2 is 1.83 bits per heavy atom. The van der Waals surface area contributed by atoms with E-state index in [2.05, 4.69) is 20.9 Å². The minimum Gasteiger partial charge on any atom is -0.328 e. The first kappa shape index (κ1) is 25.8. The van der Waals surface area contributed by atoms with Crippen LogP contribution in [0.3, 0.4) is 0 Å². The topological polar surface area (TPSA) is 103 Å². The highest BCUT2D eigenvalue weighted by molar-refractivity contribution is 5.96. The van der Waals surface area contributed by atoms with Gasteiger partial charge in [-0.3, -0.25) is 14.4 Å². The first-order valence-corrected chi connectivity index (χ1v) is 12.8. The van der Waals surface area contributed by atoms with Gasteiger partial charge in [-0.25, -0.2) is 4.98 Å². The van der Waals surface area contributed by atoms with Crippen LogP contribution < -0.4 is 16.0 Å². The van der Waals surface area contributed by atoms with Crippen molar-refractivity contribution in [2.75, 3.05) is 17.2 Å². The van der Waals surface area contributed by atoms with Crippen molar-refractivity contribution >= 4 is 29.2 Å². The van der Waals surface area contributed by atoms with Crippen molar-refractivity contribution in [3.05, 3.63) is 53.7 Å². The number of piperidine rings is 1. The number of rotatable bonds is 8. The quantitative estimate of drug-likeness (QED) is 0.524. The monoisotopic (exact) mass is 491 g/mol. The number of aromatic nitrogens is 1. The number of nitrogens with one attached hydrogen (secondary N) is 3. The summed E-state index contributed by atoms with van der Waals surface area (Å²) in [4.78, 5) is 45.0. The number of fused-ring (bicyclic) bond motifs is 2. The molecule has 2 bridgehead atoms. The average Bonchev–Trinajstić information content (AvgIpc) is 2.82. The Balaban J connectivity index is 1.44. The minimum absolute atomic E-state index is 0.00857.